The van der Waals surface area contributed by atoms with Crippen LogP contribution in [0, 0.1) is 0 Å². The Hall–Kier alpha value is -0.860. The summed E-state index contributed by atoms with van der Waals surface area (Å²) in [5.74, 6) is 0. The molecule has 0 amide bonds. The molecule has 1 N–H and O–H groups in total. The summed E-state index contributed by atoms with van der Waals surface area (Å²) in [6.45, 7) is 3.96. The van der Waals surface area contributed by atoms with E-state index in [1.54, 1.807) is 0 Å². The first-order chi connectivity index (χ1) is 6.77. The SMILES string of the molecule is CC(O)C1CCN1Cc1ccccc1. The van der Waals surface area contributed by atoms with Crippen molar-refractivity contribution in [2.24, 2.45) is 0 Å². The van der Waals surface area contributed by atoms with Crippen LogP contribution in [0.25, 0.3) is 0 Å². The molecule has 1 fully saturated rings. The Kier molecular flexibility index (Phi) is 2.85. The van der Waals surface area contributed by atoms with Gasteiger partial charge in [-0.1, -0.05) is 30.3 Å². The van der Waals surface area contributed by atoms with Gasteiger partial charge in [-0.2, -0.15) is 0 Å². The maximum Gasteiger partial charge on any atom is 0.0667 e. The summed E-state index contributed by atoms with van der Waals surface area (Å²) in [5, 5.41) is 9.48. The van der Waals surface area contributed by atoms with E-state index in [1.807, 2.05) is 13.0 Å². The van der Waals surface area contributed by atoms with E-state index in [2.05, 4.69) is 29.2 Å². The third-order valence-corrected chi connectivity index (χ3v) is 2.97. The number of likely N-dealkylation sites (tertiary alicyclic amines) is 1. The van der Waals surface area contributed by atoms with Crippen molar-refractivity contribution < 1.29 is 5.11 Å². The van der Waals surface area contributed by atoms with E-state index in [4.69, 9.17) is 0 Å². The molecule has 0 bridgehead atoms. The van der Waals surface area contributed by atoms with Gasteiger partial charge in [0.15, 0.2) is 0 Å². The summed E-state index contributed by atoms with van der Waals surface area (Å²) in [6.07, 6.45) is 0.928. The van der Waals surface area contributed by atoms with Gasteiger partial charge in [0, 0.05) is 19.1 Å². The van der Waals surface area contributed by atoms with E-state index in [1.165, 1.54) is 5.56 Å². The largest absolute Gasteiger partial charge is 0.392 e. The topological polar surface area (TPSA) is 23.5 Å². The zero-order chi connectivity index (χ0) is 9.97. The minimum atomic E-state index is -0.201. The van der Waals surface area contributed by atoms with Gasteiger partial charge in [0.25, 0.3) is 0 Å². The van der Waals surface area contributed by atoms with E-state index >= 15 is 0 Å². The molecule has 1 saturated heterocycles. The fourth-order valence-electron chi connectivity index (χ4n) is 2.02. The molecule has 76 valence electrons. The summed E-state index contributed by atoms with van der Waals surface area (Å²) in [5.41, 5.74) is 1.33. The average Bonchev–Trinajstić information content (AvgIpc) is 2.13. The van der Waals surface area contributed by atoms with Crippen LogP contribution < -0.4 is 0 Å². The number of rotatable bonds is 3. The maximum atomic E-state index is 9.48. The number of aliphatic hydroxyl groups excluding tert-OH is 1. The van der Waals surface area contributed by atoms with Crippen molar-refractivity contribution in [3.05, 3.63) is 35.9 Å². The van der Waals surface area contributed by atoms with Crippen LogP contribution in [0.1, 0.15) is 18.9 Å². The normalized spacial score (nSPS) is 24.3. The van der Waals surface area contributed by atoms with Crippen molar-refractivity contribution in [1.29, 1.82) is 0 Å². The van der Waals surface area contributed by atoms with Crippen LogP contribution in [-0.2, 0) is 6.54 Å². The highest BCUT2D eigenvalue weighted by molar-refractivity contribution is 5.15. The zero-order valence-corrected chi connectivity index (χ0v) is 8.56. The van der Waals surface area contributed by atoms with Crippen LogP contribution >= 0.6 is 0 Å². The number of aliphatic hydroxyl groups is 1. The smallest absolute Gasteiger partial charge is 0.0667 e. The molecule has 14 heavy (non-hydrogen) atoms. The van der Waals surface area contributed by atoms with Crippen molar-refractivity contribution in [1.82, 2.24) is 4.90 Å². The van der Waals surface area contributed by atoms with Gasteiger partial charge in [0.05, 0.1) is 6.10 Å². The summed E-state index contributed by atoms with van der Waals surface area (Å²) in [4.78, 5) is 2.33. The molecule has 0 saturated carbocycles. The lowest BCUT2D eigenvalue weighted by Gasteiger charge is -2.42. The standard InChI is InChI=1S/C12H17NO/c1-10(14)12-7-8-13(12)9-11-5-3-2-4-6-11/h2-6,10,12,14H,7-9H2,1H3. The van der Waals surface area contributed by atoms with E-state index in [0.717, 1.165) is 19.5 Å². The number of hydrogen-bond acceptors (Lipinski definition) is 2. The molecular formula is C12H17NO. The van der Waals surface area contributed by atoms with Crippen LogP contribution in [-0.4, -0.2) is 28.7 Å². The van der Waals surface area contributed by atoms with Crippen molar-refractivity contribution in [2.75, 3.05) is 6.54 Å². The van der Waals surface area contributed by atoms with Gasteiger partial charge in [-0.05, 0) is 18.9 Å². The van der Waals surface area contributed by atoms with Gasteiger partial charge in [0.2, 0.25) is 0 Å². The lowest BCUT2D eigenvalue weighted by molar-refractivity contribution is -0.0106. The van der Waals surface area contributed by atoms with Gasteiger partial charge in [-0.3, -0.25) is 4.90 Å². The van der Waals surface area contributed by atoms with Crippen molar-refractivity contribution in [2.45, 2.75) is 32.0 Å². The van der Waals surface area contributed by atoms with Gasteiger partial charge >= 0.3 is 0 Å². The molecule has 1 aliphatic heterocycles. The van der Waals surface area contributed by atoms with Crippen LogP contribution in [0.15, 0.2) is 30.3 Å². The second-order valence-electron chi connectivity index (χ2n) is 4.05. The maximum absolute atomic E-state index is 9.48. The lowest BCUT2D eigenvalue weighted by atomic mass is 9.97. The quantitative estimate of drug-likeness (QED) is 0.785. The molecule has 0 aromatic heterocycles. The Morgan fingerprint density at radius 1 is 1.43 bits per heavy atom. The van der Waals surface area contributed by atoms with Crippen LogP contribution in [0.2, 0.25) is 0 Å². The Labute approximate surface area is 85.2 Å². The average molecular weight is 191 g/mol. The van der Waals surface area contributed by atoms with Crippen LogP contribution in [0.3, 0.4) is 0 Å². The minimum absolute atomic E-state index is 0.201. The summed E-state index contributed by atoms with van der Waals surface area (Å²) < 4.78 is 0. The van der Waals surface area contributed by atoms with Gasteiger partial charge in [-0.15, -0.1) is 0 Å². The first-order valence-corrected chi connectivity index (χ1v) is 5.23. The second-order valence-corrected chi connectivity index (χ2v) is 4.05. The fourth-order valence-corrected chi connectivity index (χ4v) is 2.02. The Morgan fingerprint density at radius 3 is 2.64 bits per heavy atom. The summed E-state index contributed by atoms with van der Waals surface area (Å²) in [7, 11) is 0. The molecule has 2 unspecified atom stereocenters. The number of hydrogen-bond donors (Lipinski definition) is 1. The van der Waals surface area contributed by atoms with Gasteiger partial charge < -0.3 is 5.11 Å². The summed E-state index contributed by atoms with van der Waals surface area (Å²) in [6, 6.07) is 10.8. The van der Waals surface area contributed by atoms with E-state index in [9.17, 15) is 5.11 Å². The van der Waals surface area contributed by atoms with E-state index in [-0.39, 0.29) is 6.10 Å². The number of nitrogens with zero attached hydrogens (tertiary/aromatic N) is 1. The predicted octanol–water partition coefficient (Wildman–Crippen LogP) is 1.64. The van der Waals surface area contributed by atoms with E-state index < -0.39 is 0 Å². The molecule has 1 heterocycles. The highest BCUT2D eigenvalue weighted by Crippen LogP contribution is 2.22. The third-order valence-electron chi connectivity index (χ3n) is 2.97. The molecular weight excluding hydrogens is 174 g/mol. The molecule has 1 aromatic carbocycles. The molecule has 1 aromatic rings. The Bertz CT molecular complexity index is 284. The number of benzene rings is 1. The molecule has 0 spiro atoms. The monoisotopic (exact) mass is 191 g/mol. The van der Waals surface area contributed by atoms with Crippen LogP contribution in [0.4, 0.5) is 0 Å². The highest BCUT2D eigenvalue weighted by Gasteiger charge is 2.31. The molecule has 2 rings (SSSR count). The molecule has 0 aliphatic carbocycles. The van der Waals surface area contributed by atoms with E-state index in [0.29, 0.717) is 6.04 Å². The van der Waals surface area contributed by atoms with Gasteiger partial charge in [-0.25, -0.2) is 0 Å². The zero-order valence-electron chi connectivity index (χ0n) is 8.56. The second kappa shape index (κ2) is 4.11. The first-order valence-electron chi connectivity index (χ1n) is 5.23. The fraction of sp³-hybridized carbons (Fsp3) is 0.500. The summed E-state index contributed by atoms with van der Waals surface area (Å²) >= 11 is 0. The Balaban J connectivity index is 1.93. The Morgan fingerprint density at radius 2 is 2.14 bits per heavy atom. The minimum Gasteiger partial charge on any atom is -0.392 e. The van der Waals surface area contributed by atoms with Crippen molar-refractivity contribution in [3.8, 4) is 0 Å². The lowest BCUT2D eigenvalue weighted by Crippen LogP contribution is -2.52. The van der Waals surface area contributed by atoms with Crippen molar-refractivity contribution >= 4 is 0 Å². The highest BCUT2D eigenvalue weighted by atomic mass is 16.3. The molecule has 1 aliphatic rings. The molecule has 2 heteroatoms. The van der Waals surface area contributed by atoms with Crippen LogP contribution in [0.5, 0.6) is 0 Å². The molecule has 0 radical (unpaired) electrons. The predicted molar refractivity (Wildman–Crippen MR) is 56.9 cm³/mol. The molecule has 2 nitrogen and oxygen atoms in total. The van der Waals surface area contributed by atoms with Gasteiger partial charge in [0.1, 0.15) is 0 Å². The third kappa shape index (κ3) is 1.97. The first kappa shape index (κ1) is 9.69. The van der Waals surface area contributed by atoms with Crippen molar-refractivity contribution in [3.63, 3.8) is 0 Å². The molecule has 2 atom stereocenters.